The number of nitriles is 2. The molecule has 0 unspecified atom stereocenters. The van der Waals surface area contributed by atoms with Crippen LogP contribution in [0.2, 0.25) is 0 Å². The number of benzene rings is 1. The van der Waals surface area contributed by atoms with Crippen molar-refractivity contribution in [1.29, 1.82) is 10.5 Å². The van der Waals surface area contributed by atoms with Crippen molar-refractivity contribution in [2.75, 3.05) is 10.6 Å². The molecule has 0 radical (unpaired) electrons. The highest BCUT2D eigenvalue weighted by atomic mass is 32.2. The van der Waals surface area contributed by atoms with Crippen molar-refractivity contribution >= 4 is 35.1 Å². The topological polar surface area (TPSA) is 133 Å². The summed E-state index contributed by atoms with van der Waals surface area (Å²) in [5, 5.41) is 18.3. The molecule has 1 aromatic heterocycles. The van der Waals surface area contributed by atoms with Crippen LogP contribution in [0.4, 0.5) is 24.7 Å². The first-order valence-electron chi connectivity index (χ1n) is 9.49. The summed E-state index contributed by atoms with van der Waals surface area (Å²) in [6, 6.07) is 8.28. The maximum Gasteiger partial charge on any atom is 0.573 e. The van der Waals surface area contributed by atoms with Crippen LogP contribution < -0.4 is 15.4 Å². The first-order chi connectivity index (χ1) is 15.5. The maximum atomic E-state index is 12.9. The van der Waals surface area contributed by atoms with Crippen molar-refractivity contribution in [1.82, 2.24) is 4.98 Å². The lowest BCUT2D eigenvalue weighted by molar-refractivity contribution is -0.274. The number of anilines is 2. The molecule has 1 aromatic carbocycles. The Morgan fingerprint density at radius 3 is 2.30 bits per heavy atom. The van der Waals surface area contributed by atoms with Crippen molar-refractivity contribution in [3.05, 3.63) is 41.0 Å². The zero-order valence-corrected chi connectivity index (χ0v) is 18.1. The number of halogens is 3. The number of nitrogens with zero attached hydrogens (tertiary/aromatic N) is 4. The molecule has 2 aromatic rings. The van der Waals surface area contributed by atoms with Crippen LogP contribution in [0.5, 0.6) is 5.75 Å². The molecule has 3 rings (SSSR count). The van der Waals surface area contributed by atoms with Crippen molar-refractivity contribution in [2.24, 2.45) is 0 Å². The Labute approximate surface area is 190 Å². The Hall–Kier alpha value is -3.77. The SMILES string of the molecule is CC(C)c1c(C#N)c(N)nc(S[C@@H]2CC(=O)N(c3ccc(OC(F)(F)F)cc3)C2=O)c1C#N. The zero-order chi connectivity index (χ0) is 24.5. The van der Waals surface area contributed by atoms with Crippen LogP contribution in [0.25, 0.3) is 0 Å². The number of rotatable bonds is 5. The summed E-state index contributed by atoms with van der Waals surface area (Å²) < 4.78 is 40.8. The number of imide groups is 1. The molecular formula is C21H16F3N5O3S. The molecule has 1 aliphatic rings. The van der Waals surface area contributed by atoms with Gasteiger partial charge in [-0.25, -0.2) is 9.88 Å². The number of aromatic nitrogens is 1. The van der Waals surface area contributed by atoms with Gasteiger partial charge >= 0.3 is 6.36 Å². The summed E-state index contributed by atoms with van der Waals surface area (Å²) in [6.45, 7) is 3.56. The Kier molecular flexibility index (Phi) is 6.51. The molecular weight excluding hydrogens is 459 g/mol. The summed E-state index contributed by atoms with van der Waals surface area (Å²) >= 11 is 0.880. The summed E-state index contributed by atoms with van der Waals surface area (Å²) in [7, 11) is 0. The van der Waals surface area contributed by atoms with Gasteiger partial charge in [-0.05, 0) is 35.7 Å². The van der Waals surface area contributed by atoms with Crippen LogP contribution in [-0.4, -0.2) is 28.4 Å². The Morgan fingerprint density at radius 2 is 1.79 bits per heavy atom. The summed E-state index contributed by atoms with van der Waals surface area (Å²) in [5.41, 5.74) is 6.57. The molecule has 2 N–H and O–H groups in total. The zero-order valence-electron chi connectivity index (χ0n) is 17.3. The number of hydrogen-bond acceptors (Lipinski definition) is 8. The third kappa shape index (κ3) is 4.86. The first-order valence-corrected chi connectivity index (χ1v) is 10.4. The van der Waals surface area contributed by atoms with Gasteiger partial charge < -0.3 is 10.5 Å². The number of amides is 2. The molecule has 33 heavy (non-hydrogen) atoms. The number of ether oxygens (including phenoxy) is 1. The Bertz CT molecular complexity index is 1200. The fourth-order valence-corrected chi connectivity index (χ4v) is 4.51. The molecule has 1 fully saturated rings. The highest BCUT2D eigenvalue weighted by molar-refractivity contribution is 8.00. The second-order valence-corrected chi connectivity index (χ2v) is 8.46. The molecule has 1 atom stereocenters. The van der Waals surface area contributed by atoms with Crippen LogP contribution >= 0.6 is 11.8 Å². The molecule has 0 spiro atoms. The van der Waals surface area contributed by atoms with Crippen molar-refractivity contribution in [2.45, 2.75) is 42.8 Å². The number of pyridine rings is 1. The largest absolute Gasteiger partial charge is 0.573 e. The lowest BCUT2D eigenvalue weighted by Gasteiger charge is -2.17. The van der Waals surface area contributed by atoms with E-state index in [-0.39, 0.29) is 40.0 Å². The monoisotopic (exact) mass is 475 g/mol. The van der Waals surface area contributed by atoms with E-state index in [2.05, 4.69) is 9.72 Å². The molecule has 12 heteroatoms. The third-order valence-corrected chi connectivity index (χ3v) is 5.89. The summed E-state index contributed by atoms with van der Waals surface area (Å²) in [6.07, 6.45) is -5.08. The average molecular weight is 475 g/mol. The number of thioether (sulfide) groups is 1. The van der Waals surface area contributed by atoms with Crippen molar-refractivity contribution in [3.63, 3.8) is 0 Å². The molecule has 8 nitrogen and oxygen atoms in total. The molecule has 0 bridgehead atoms. The minimum atomic E-state index is -4.87. The average Bonchev–Trinajstić information content (AvgIpc) is 3.00. The fraction of sp³-hybridized carbons (Fsp3) is 0.286. The highest BCUT2D eigenvalue weighted by Gasteiger charge is 2.41. The van der Waals surface area contributed by atoms with E-state index in [1.54, 1.807) is 13.8 Å². The molecule has 1 saturated heterocycles. The van der Waals surface area contributed by atoms with E-state index in [1.165, 1.54) is 12.1 Å². The predicted octanol–water partition coefficient (Wildman–Crippen LogP) is 3.85. The summed E-state index contributed by atoms with van der Waals surface area (Å²) in [4.78, 5) is 30.4. The molecule has 0 aliphatic carbocycles. The number of hydrogen-bond donors (Lipinski definition) is 1. The molecule has 1 aliphatic heterocycles. The number of alkyl halides is 3. The second kappa shape index (κ2) is 9.00. The van der Waals surface area contributed by atoms with Crippen molar-refractivity contribution in [3.8, 4) is 17.9 Å². The number of carbonyl (C=O) groups excluding carboxylic acids is 2. The van der Waals surface area contributed by atoms with E-state index in [1.807, 2.05) is 12.1 Å². The predicted molar refractivity (Wildman–Crippen MR) is 112 cm³/mol. The van der Waals surface area contributed by atoms with Gasteiger partial charge in [-0.15, -0.1) is 13.2 Å². The second-order valence-electron chi connectivity index (χ2n) is 7.26. The Balaban J connectivity index is 1.89. The first kappa shape index (κ1) is 23.9. The molecule has 2 heterocycles. The minimum absolute atomic E-state index is 0.0818. The maximum absolute atomic E-state index is 12.9. The van der Waals surface area contributed by atoms with Crippen LogP contribution in [0.3, 0.4) is 0 Å². The van der Waals surface area contributed by atoms with Gasteiger partial charge in [0.1, 0.15) is 28.7 Å². The molecule has 170 valence electrons. The van der Waals surface area contributed by atoms with Crippen LogP contribution in [0.1, 0.15) is 42.9 Å². The van der Waals surface area contributed by atoms with Gasteiger partial charge in [0.2, 0.25) is 11.8 Å². The fourth-order valence-electron chi connectivity index (χ4n) is 3.39. The van der Waals surface area contributed by atoms with E-state index in [4.69, 9.17) is 5.73 Å². The van der Waals surface area contributed by atoms with E-state index in [0.717, 1.165) is 28.8 Å². The smallest absolute Gasteiger partial charge is 0.406 e. The van der Waals surface area contributed by atoms with E-state index in [0.29, 0.717) is 5.56 Å². The van der Waals surface area contributed by atoms with Crippen LogP contribution in [-0.2, 0) is 9.59 Å². The van der Waals surface area contributed by atoms with Gasteiger partial charge in [0.05, 0.1) is 22.1 Å². The van der Waals surface area contributed by atoms with E-state index >= 15 is 0 Å². The molecule has 0 saturated carbocycles. The van der Waals surface area contributed by atoms with Gasteiger partial charge in [-0.3, -0.25) is 9.59 Å². The number of nitrogens with two attached hydrogens (primary N) is 1. The van der Waals surface area contributed by atoms with Gasteiger partial charge in [-0.2, -0.15) is 10.5 Å². The van der Waals surface area contributed by atoms with Gasteiger partial charge in [-0.1, -0.05) is 25.6 Å². The van der Waals surface area contributed by atoms with Crippen LogP contribution in [0, 0.1) is 22.7 Å². The lowest BCUT2D eigenvalue weighted by atomic mass is 9.94. The minimum Gasteiger partial charge on any atom is -0.406 e. The normalized spacial score (nSPS) is 16.1. The number of nitrogen functional groups attached to an aromatic ring is 1. The van der Waals surface area contributed by atoms with Gasteiger partial charge in [0.25, 0.3) is 0 Å². The van der Waals surface area contributed by atoms with Crippen molar-refractivity contribution < 1.29 is 27.5 Å². The molecule has 2 amide bonds. The third-order valence-electron chi connectivity index (χ3n) is 4.72. The van der Waals surface area contributed by atoms with Gasteiger partial charge in [0, 0.05) is 6.42 Å². The highest BCUT2D eigenvalue weighted by Crippen LogP contribution is 2.39. The Morgan fingerprint density at radius 1 is 1.18 bits per heavy atom. The quantitative estimate of drug-likeness (QED) is 0.645. The lowest BCUT2D eigenvalue weighted by Crippen LogP contribution is -2.31. The van der Waals surface area contributed by atoms with E-state index in [9.17, 15) is 33.3 Å². The van der Waals surface area contributed by atoms with Gasteiger partial charge in [0.15, 0.2) is 0 Å². The summed E-state index contributed by atoms with van der Waals surface area (Å²) in [5.74, 6) is -1.99. The van der Waals surface area contributed by atoms with E-state index < -0.39 is 29.2 Å². The standard InChI is InChI=1S/C21H16F3N5O3S/c1-10(2)17-13(8-25)18(27)28-19(14(17)9-26)33-15-7-16(30)29(20(15)31)11-3-5-12(6-4-11)32-21(22,23)24/h3-6,10,15H,7H2,1-2H3,(H2,27,28)/t15-/m1/s1. The van der Waals surface area contributed by atoms with Crippen LogP contribution in [0.15, 0.2) is 29.3 Å². The number of carbonyl (C=O) groups is 2.